The maximum absolute atomic E-state index is 11.3. The summed E-state index contributed by atoms with van der Waals surface area (Å²) >= 11 is -2.71. The Morgan fingerprint density at radius 1 is 1.05 bits per heavy atom. The molecule has 0 bridgehead atoms. The van der Waals surface area contributed by atoms with Crippen LogP contribution >= 0.6 is 0 Å². The molecule has 6 nitrogen and oxygen atoms in total. The molecule has 0 fully saturated rings. The van der Waals surface area contributed by atoms with E-state index in [0.29, 0.717) is 0 Å². The van der Waals surface area contributed by atoms with Crippen LogP contribution in [0.5, 0.6) is 11.5 Å². The largest absolute Gasteiger partial charge is 0.768 e. The first kappa shape index (κ1) is 14.7. The molecule has 0 heterocycles. The number of para-hydroxylation sites is 2. The van der Waals surface area contributed by atoms with E-state index in [1.807, 2.05) is 0 Å². The molecule has 2 rings (SSSR count). The molecule has 8 heteroatoms. The zero-order valence-electron chi connectivity index (χ0n) is 9.92. The van der Waals surface area contributed by atoms with Crippen LogP contribution in [0.2, 0.25) is 0 Å². The average molecular weight is 313 g/mol. The van der Waals surface area contributed by atoms with Crippen molar-refractivity contribution in [3.63, 3.8) is 0 Å². The maximum atomic E-state index is 11.3. The summed E-state index contributed by atoms with van der Waals surface area (Å²) < 4.78 is 59.3. The second kappa shape index (κ2) is 5.71. The van der Waals surface area contributed by atoms with Gasteiger partial charge in [-0.05, 0) is 35.3 Å². The smallest absolute Gasteiger partial charge is 0.298 e. The van der Waals surface area contributed by atoms with E-state index in [1.54, 1.807) is 18.2 Å². The first-order valence-electron chi connectivity index (χ1n) is 5.32. The Hall–Kier alpha value is -1.74. The highest BCUT2D eigenvalue weighted by atomic mass is 32.2. The number of rotatable bonds is 4. The van der Waals surface area contributed by atoms with Gasteiger partial charge in [-0.3, -0.25) is 8.76 Å². The Balaban J connectivity index is 2.62. The molecule has 0 aliphatic carbocycles. The monoisotopic (exact) mass is 313 g/mol. The molecule has 0 saturated heterocycles. The summed E-state index contributed by atoms with van der Waals surface area (Å²) in [5.74, 6) is -0.190. The van der Waals surface area contributed by atoms with Gasteiger partial charge in [-0.1, -0.05) is 24.3 Å². The van der Waals surface area contributed by atoms with Crippen LogP contribution in [-0.2, 0) is 21.2 Å². The molecule has 0 radical (unpaired) electrons. The van der Waals surface area contributed by atoms with Crippen LogP contribution in [-0.4, -0.2) is 21.7 Å². The third-order valence-corrected chi connectivity index (χ3v) is 3.92. The van der Waals surface area contributed by atoms with E-state index in [-0.39, 0.29) is 10.6 Å². The molecule has 20 heavy (non-hydrogen) atoms. The van der Waals surface area contributed by atoms with E-state index in [1.165, 1.54) is 24.3 Å². The van der Waals surface area contributed by atoms with Gasteiger partial charge in [-0.2, -0.15) is 8.42 Å². The zero-order chi connectivity index (χ0) is 14.8. The second-order valence-corrected chi connectivity index (χ2v) is 6.01. The van der Waals surface area contributed by atoms with E-state index >= 15 is 0 Å². The fourth-order valence-electron chi connectivity index (χ4n) is 1.54. The fourth-order valence-corrected chi connectivity index (χ4v) is 2.73. The van der Waals surface area contributed by atoms with E-state index in [2.05, 4.69) is 0 Å². The molecule has 2 aromatic rings. The van der Waals surface area contributed by atoms with Crippen molar-refractivity contribution in [1.82, 2.24) is 0 Å². The van der Waals surface area contributed by atoms with Gasteiger partial charge < -0.3 is 9.29 Å². The summed E-state index contributed by atoms with van der Waals surface area (Å²) in [6, 6.07) is 11.5. The standard InChI is InChI=1S/C12H10O6S2/c13-19(14)10-7-4-8-11(20(15,16)17)12(10)18-9-5-2-1-3-6-9/h1-8H,(H,13,14)(H,15,16,17)/p-1. The third kappa shape index (κ3) is 3.23. The van der Waals surface area contributed by atoms with Crippen molar-refractivity contribution >= 4 is 21.2 Å². The molecule has 0 aromatic heterocycles. The van der Waals surface area contributed by atoms with Crippen molar-refractivity contribution in [1.29, 1.82) is 0 Å². The lowest BCUT2D eigenvalue weighted by Crippen LogP contribution is -2.04. The molecule has 0 spiro atoms. The van der Waals surface area contributed by atoms with Crippen molar-refractivity contribution in [2.45, 2.75) is 9.79 Å². The Morgan fingerprint density at radius 2 is 1.70 bits per heavy atom. The van der Waals surface area contributed by atoms with Crippen LogP contribution in [0.3, 0.4) is 0 Å². The zero-order valence-corrected chi connectivity index (χ0v) is 11.6. The Bertz CT molecular complexity index is 740. The Morgan fingerprint density at radius 3 is 2.25 bits per heavy atom. The van der Waals surface area contributed by atoms with Gasteiger partial charge in [-0.25, -0.2) is 0 Å². The molecule has 1 unspecified atom stereocenters. The van der Waals surface area contributed by atoms with Crippen LogP contribution in [0.1, 0.15) is 0 Å². The van der Waals surface area contributed by atoms with Gasteiger partial charge in [0.05, 0.1) is 4.90 Å². The topological polar surface area (TPSA) is 104 Å². The molecule has 0 amide bonds. The molecule has 106 valence electrons. The van der Waals surface area contributed by atoms with E-state index in [9.17, 15) is 17.2 Å². The van der Waals surface area contributed by atoms with E-state index in [0.717, 1.165) is 6.07 Å². The number of benzene rings is 2. The Kier molecular flexibility index (Phi) is 4.19. The lowest BCUT2D eigenvalue weighted by atomic mass is 10.3. The fraction of sp³-hybridized carbons (Fsp3) is 0. The van der Waals surface area contributed by atoms with Gasteiger partial charge in [0.15, 0.2) is 5.75 Å². The average Bonchev–Trinajstić information content (AvgIpc) is 2.38. The predicted octanol–water partition coefficient (Wildman–Crippen LogP) is 1.96. The highest BCUT2D eigenvalue weighted by molar-refractivity contribution is 7.86. The molecule has 1 N–H and O–H groups in total. The lowest BCUT2D eigenvalue weighted by Gasteiger charge is -2.15. The van der Waals surface area contributed by atoms with Crippen LogP contribution in [0.4, 0.5) is 0 Å². The van der Waals surface area contributed by atoms with Crippen molar-refractivity contribution in [2.24, 2.45) is 0 Å². The molecule has 1 atom stereocenters. The number of hydrogen-bond donors (Lipinski definition) is 1. The van der Waals surface area contributed by atoms with Crippen molar-refractivity contribution in [3.05, 3.63) is 48.5 Å². The molecular weight excluding hydrogens is 304 g/mol. The van der Waals surface area contributed by atoms with Crippen LogP contribution in [0.15, 0.2) is 58.3 Å². The van der Waals surface area contributed by atoms with Crippen LogP contribution in [0, 0.1) is 0 Å². The molecular formula is C12H9O6S2-. The summed E-state index contributed by atoms with van der Waals surface area (Å²) in [6.07, 6.45) is 0. The van der Waals surface area contributed by atoms with Crippen molar-refractivity contribution < 1.29 is 26.5 Å². The minimum Gasteiger partial charge on any atom is -0.768 e. The molecule has 0 saturated carbocycles. The summed E-state index contributed by atoms with van der Waals surface area (Å²) in [6.45, 7) is 0. The molecule has 0 aliphatic heterocycles. The van der Waals surface area contributed by atoms with E-state index in [4.69, 9.17) is 9.29 Å². The minimum atomic E-state index is -4.61. The lowest BCUT2D eigenvalue weighted by molar-refractivity contribution is 0.437. The summed E-state index contributed by atoms with van der Waals surface area (Å²) in [4.78, 5) is -0.966. The highest BCUT2D eigenvalue weighted by Crippen LogP contribution is 2.33. The Labute approximate surface area is 118 Å². The molecule has 0 aliphatic rings. The highest BCUT2D eigenvalue weighted by Gasteiger charge is 2.21. The SMILES string of the molecule is O=S([O-])c1cccc(S(=O)(=O)O)c1Oc1ccccc1. The normalized spacial score (nSPS) is 12.9. The van der Waals surface area contributed by atoms with Gasteiger partial charge in [-0.15, -0.1) is 0 Å². The van der Waals surface area contributed by atoms with Crippen LogP contribution in [0.25, 0.3) is 0 Å². The van der Waals surface area contributed by atoms with Gasteiger partial charge in [0.2, 0.25) is 0 Å². The summed E-state index contributed by atoms with van der Waals surface area (Å²) in [5, 5.41) is 0. The van der Waals surface area contributed by atoms with Crippen molar-refractivity contribution in [2.75, 3.05) is 0 Å². The number of hydrogen-bond acceptors (Lipinski definition) is 5. The van der Waals surface area contributed by atoms with Gasteiger partial charge in [0.1, 0.15) is 10.6 Å². The first-order valence-corrected chi connectivity index (χ1v) is 7.84. The minimum absolute atomic E-state index is 0.246. The third-order valence-electron chi connectivity index (χ3n) is 2.36. The number of ether oxygens (including phenoxy) is 1. The molecule has 2 aromatic carbocycles. The van der Waals surface area contributed by atoms with E-state index < -0.39 is 31.8 Å². The van der Waals surface area contributed by atoms with Gasteiger partial charge in [0.25, 0.3) is 10.1 Å². The van der Waals surface area contributed by atoms with Crippen LogP contribution < -0.4 is 4.74 Å². The maximum Gasteiger partial charge on any atom is 0.298 e. The summed E-state index contributed by atoms with van der Waals surface area (Å²) in [5.41, 5.74) is 0. The van der Waals surface area contributed by atoms with Crippen molar-refractivity contribution in [3.8, 4) is 11.5 Å². The quantitative estimate of drug-likeness (QED) is 0.683. The predicted molar refractivity (Wildman–Crippen MR) is 70.0 cm³/mol. The first-order chi connectivity index (χ1) is 9.39. The van der Waals surface area contributed by atoms with Gasteiger partial charge in [0, 0.05) is 0 Å². The van der Waals surface area contributed by atoms with Gasteiger partial charge >= 0.3 is 0 Å². The second-order valence-electron chi connectivity index (χ2n) is 3.71. The summed E-state index contributed by atoms with van der Waals surface area (Å²) in [7, 11) is -4.61.